The van der Waals surface area contributed by atoms with Crippen LogP contribution in [0, 0.1) is 0 Å². The van der Waals surface area contributed by atoms with Gasteiger partial charge in [-0.3, -0.25) is 4.79 Å². The van der Waals surface area contributed by atoms with Gasteiger partial charge in [-0.05, 0) is 12.5 Å². The molecule has 6 heteroatoms. The Labute approximate surface area is 154 Å². The average molecular weight is 370 g/mol. The lowest BCUT2D eigenvalue weighted by Gasteiger charge is -2.09. The third-order valence-electron chi connectivity index (χ3n) is 4.17. The van der Waals surface area contributed by atoms with Gasteiger partial charge in [0, 0.05) is 12.0 Å². The van der Waals surface area contributed by atoms with Crippen LogP contribution in [0.5, 0.6) is 0 Å². The van der Waals surface area contributed by atoms with Gasteiger partial charge in [-0.15, -0.1) is 0 Å². The van der Waals surface area contributed by atoms with Crippen molar-refractivity contribution in [1.29, 1.82) is 0 Å². The molecule has 0 aliphatic carbocycles. The third kappa shape index (κ3) is 9.59. The second-order valence-electron chi connectivity index (χ2n) is 6.46. The van der Waals surface area contributed by atoms with Crippen molar-refractivity contribution in [2.75, 3.05) is 0 Å². The molecule has 0 atom stereocenters. The van der Waals surface area contributed by atoms with Gasteiger partial charge in [-0.1, -0.05) is 76.5 Å². The number of hydrogen-bond acceptors (Lipinski definition) is 2. The van der Waals surface area contributed by atoms with E-state index in [1.54, 1.807) is 0 Å². The van der Waals surface area contributed by atoms with E-state index in [1.807, 2.05) is 0 Å². The van der Waals surface area contributed by atoms with Crippen molar-refractivity contribution in [3.8, 4) is 0 Å². The molecule has 0 unspecified atom stereocenters. The zero-order chi connectivity index (χ0) is 19.3. The van der Waals surface area contributed by atoms with E-state index < -0.39 is 11.7 Å². The standard InChI is InChI=1S/C20H29F3N2O/c1-2-3-4-5-6-7-8-9-10-15-19(26)25-24-16-17-13-11-12-14-18(17)20(21,22)23/h11-14,16H,2-10,15H2,1H3,(H,25,26). The van der Waals surface area contributed by atoms with Gasteiger partial charge < -0.3 is 0 Å². The van der Waals surface area contributed by atoms with Crippen molar-refractivity contribution >= 4 is 12.1 Å². The van der Waals surface area contributed by atoms with Crippen molar-refractivity contribution in [3.05, 3.63) is 35.4 Å². The lowest BCUT2D eigenvalue weighted by atomic mass is 10.1. The highest BCUT2D eigenvalue weighted by molar-refractivity contribution is 5.84. The molecule has 1 aromatic rings. The summed E-state index contributed by atoms with van der Waals surface area (Å²) in [6.45, 7) is 2.20. The maximum absolute atomic E-state index is 12.8. The minimum Gasteiger partial charge on any atom is -0.273 e. The molecule has 3 nitrogen and oxygen atoms in total. The number of benzene rings is 1. The average Bonchev–Trinajstić information content (AvgIpc) is 2.60. The van der Waals surface area contributed by atoms with Crippen molar-refractivity contribution in [1.82, 2.24) is 5.43 Å². The van der Waals surface area contributed by atoms with Crippen LogP contribution in [0.15, 0.2) is 29.4 Å². The molecule has 0 aromatic heterocycles. The Morgan fingerprint density at radius 3 is 2.19 bits per heavy atom. The van der Waals surface area contributed by atoms with E-state index in [0.29, 0.717) is 6.42 Å². The zero-order valence-electron chi connectivity index (χ0n) is 15.4. The highest BCUT2D eigenvalue weighted by Crippen LogP contribution is 2.31. The molecule has 0 fully saturated rings. The summed E-state index contributed by atoms with van der Waals surface area (Å²) in [6, 6.07) is 5.13. The Balaban J connectivity index is 2.20. The van der Waals surface area contributed by atoms with Gasteiger partial charge in [0.05, 0.1) is 11.8 Å². The van der Waals surface area contributed by atoms with Crippen molar-refractivity contribution in [2.45, 2.75) is 77.3 Å². The molecule has 26 heavy (non-hydrogen) atoms. The molecule has 0 heterocycles. The molecule has 0 bridgehead atoms. The van der Waals surface area contributed by atoms with E-state index >= 15 is 0 Å². The molecule has 146 valence electrons. The molecule has 0 aliphatic heterocycles. The van der Waals surface area contributed by atoms with E-state index in [1.165, 1.54) is 56.7 Å². The van der Waals surface area contributed by atoms with Crippen LogP contribution in [0.25, 0.3) is 0 Å². The Kier molecular flexibility index (Phi) is 10.7. The van der Waals surface area contributed by atoms with Crippen LogP contribution in [0.3, 0.4) is 0 Å². The summed E-state index contributed by atoms with van der Waals surface area (Å²) < 4.78 is 38.5. The molecule has 0 aliphatic rings. The maximum Gasteiger partial charge on any atom is 0.417 e. The third-order valence-corrected chi connectivity index (χ3v) is 4.17. The highest BCUT2D eigenvalue weighted by atomic mass is 19.4. The normalized spacial score (nSPS) is 11.8. The van der Waals surface area contributed by atoms with Crippen LogP contribution >= 0.6 is 0 Å². The van der Waals surface area contributed by atoms with Gasteiger partial charge in [-0.25, -0.2) is 5.43 Å². The van der Waals surface area contributed by atoms with Crippen LogP contribution in [0.2, 0.25) is 0 Å². The number of alkyl halides is 3. The number of carbonyl (C=O) groups is 1. The molecule has 0 spiro atoms. The van der Waals surface area contributed by atoms with E-state index in [-0.39, 0.29) is 11.5 Å². The summed E-state index contributed by atoms with van der Waals surface area (Å²) in [5.74, 6) is -0.270. The molecule has 1 N–H and O–H groups in total. The number of halogens is 3. The van der Waals surface area contributed by atoms with Gasteiger partial charge in [0.1, 0.15) is 0 Å². The first-order chi connectivity index (χ1) is 12.4. The fraction of sp³-hybridized carbons (Fsp3) is 0.600. The minimum absolute atomic E-state index is 0.0663. The second kappa shape index (κ2) is 12.5. The van der Waals surface area contributed by atoms with E-state index in [9.17, 15) is 18.0 Å². The number of nitrogens with zero attached hydrogens (tertiary/aromatic N) is 1. The molecular weight excluding hydrogens is 341 g/mol. The van der Waals surface area contributed by atoms with Gasteiger partial charge in [0.2, 0.25) is 5.91 Å². The number of carbonyl (C=O) groups excluding carboxylic acids is 1. The summed E-state index contributed by atoms with van der Waals surface area (Å²) >= 11 is 0. The molecule has 1 aromatic carbocycles. The predicted molar refractivity (Wildman–Crippen MR) is 99.0 cm³/mol. The van der Waals surface area contributed by atoms with E-state index in [0.717, 1.165) is 31.5 Å². The van der Waals surface area contributed by atoms with Gasteiger partial charge in [0.15, 0.2) is 0 Å². The van der Waals surface area contributed by atoms with Crippen molar-refractivity contribution in [2.24, 2.45) is 5.10 Å². The van der Waals surface area contributed by atoms with Crippen LogP contribution in [-0.2, 0) is 11.0 Å². The van der Waals surface area contributed by atoms with Gasteiger partial charge in [-0.2, -0.15) is 18.3 Å². The summed E-state index contributed by atoms with van der Waals surface area (Å²) in [5, 5.41) is 3.65. The quantitative estimate of drug-likeness (QED) is 0.270. The summed E-state index contributed by atoms with van der Waals surface area (Å²) in [6.07, 6.45) is 7.38. The number of rotatable bonds is 12. The Bertz CT molecular complexity index is 556. The molecular formula is C20H29F3N2O. The van der Waals surface area contributed by atoms with Crippen molar-refractivity contribution in [3.63, 3.8) is 0 Å². The molecule has 0 saturated heterocycles. The Morgan fingerprint density at radius 1 is 1.00 bits per heavy atom. The van der Waals surface area contributed by atoms with Crippen LogP contribution < -0.4 is 5.43 Å². The topological polar surface area (TPSA) is 41.5 Å². The molecule has 1 amide bonds. The number of hydrogen-bond donors (Lipinski definition) is 1. The lowest BCUT2D eigenvalue weighted by Crippen LogP contribution is -2.17. The van der Waals surface area contributed by atoms with E-state index in [4.69, 9.17) is 0 Å². The Hall–Kier alpha value is -1.85. The SMILES string of the molecule is CCCCCCCCCCCC(=O)NN=Cc1ccccc1C(F)(F)F. The summed E-state index contributed by atoms with van der Waals surface area (Å²) in [5.41, 5.74) is 1.47. The fourth-order valence-corrected chi connectivity index (χ4v) is 2.69. The van der Waals surface area contributed by atoms with Gasteiger partial charge in [0.25, 0.3) is 0 Å². The molecule has 0 radical (unpaired) electrons. The molecule has 0 saturated carbocycles. The number of nitrogens with one attached hydrogen (secondary N) is 1. The summed E-state index contributed by atoms with van der Waals surface area (Å²) in [7, 11) is 0. The first-order valence-electron chi connectivity index (χ1n) is 9.43. The fourth-order valence-electron chi connectivity index (χ4n) is 2.69. The largest absolute Gasteiger partial charge is 0.417 e. The monoisotopic (exact) mass is 370 g/mol. The Morgan fingerprint density at radius 2 is 1.58 bits per heavy atom. The maximum atomic E-state index is 12.8. The lowest BCUT2D eigenvalue weighted by molar-refractivity contribution is -0.137. The number of amides is 1. The molecule has 1 rings (SSSR count). The highest BCUT2D eigenvalue weighted by Gasteiger charge is 2.32. The smallest absolute Gasteiger partial charge is 0.273 e. The van der Waals surface area contributed by atoms with Gasteiger partial charge >= 0.3 is 6.18 Å². The first kappa shape index (κ1) is 22.2. The van der Waals surface area contributed by atoms with Crippen LogP contribution in [0.1, 0.15) is 82.3 Å². The summed E-state index contributed by atoms with van der Waals surface area (Å²) in [4.78, 5) is 11.7. The van der Waals surface area contributed by atoms with Crippen LogP contribution in [0.4, 0.5) is 13.2 Å². The van der Waals surface area contributed by atoms with E-state index in [2.05, 4.69) is 17.5 Å². The van der Waals surface area contributed by atoms with Crippen LogP contribution in [-0.4, -0.2) is 12.1 Å². The zero-order valence-corrected chi connectivity index (χ0v) is 15.4. The van der Waals surface area contributed by atoms with Crippen molar-refractivity contribution < 1.29 is 18.0 Å². The second-order valence-corrected chi connectivity index (χ2v) is 6.46. The predicted octanol–water partition coefficient (Wildman–Crippen LogP) is 6.08. The number of hydrazone groups is 1. The first-order valence-corrected chi connectivity index (χ1v) is 9.43. The number of unbranched alkanes of at least 4 members (excludes halogenated alkanes) is 8. The minimum atomic E-state index is -4.44.